The van der Waals surface area contributed by atoms with Crippen LogP contribution in [-0.4, -0.2) is 28.4 Å². The minimum Gasteiger partial charge on any atom is -0.493 e. The number of Topliss-reactive ketones (excluding diaryl/α,β-unsaturated/α-hetero) is 1. The molecule has 0 atom stereocenters. The van der Waals surface area contributed by atoms with Crippen LogP contribution in [-0.2, 0) is 16.4 Å². The van der Waals surface area contributed by atoms with E-state index in [1.807, 2.05) is 6.92 Å². The van der Waals surface area contributed by atoms with Crippen molar-refractivity contribution in [1.29, 1.82) is 0 Å². The third-order valence-corrected chi connectivity index (χ3v) is 6.83. The van der Waals surface area contributed by atoms with Crippen LogP contribution in [0.5, 0.6) is 11.5 Å². The summed E-state index contributed by atoms with van der Waals surface area (Å²) in [5.41, 5.74) is 2.15. The molecule has 0 bridgehead atoms. The van der Waals surface area contributed by atoms with E-state index in [0.29, 0.717) is 21.5 Å². The number of nitrogens with one attached hydrogen (secondary N) is 1. The lowest BCUT2D eigenvalue weighted by atomic mass is 10.0. The number of ether oxygens (including phenoxy) is 2. The van der Waals surface area contributed by atoms with Crippen LogP contribution < -0.4 is 14.2 Å². The Morgan fingerprint density at radius 2 is 1.58 bits per heavy atom. The van der Waals surface area contributed by atoms with Crippen LogP contribution >= 0.6 is 15.9 Å². The second kappa shape index (κ2) is 9.53. The van der Waals surface area contributed by atoms with Gasteiger partial charge in [0.2, 0.25) is 0 Å². The van der Waals surface area contributed by atoms with Gasteiger partial charge in [0, 0.05) is 16.5 Å². The molecular weight excluding hydrogens is 482 g/mol. The van der Waals surface area contributed by atoms with Gasteiger partial charge in [0.15, 0.2) is 17.3 Å². The van der Waals surface area contributed by atoms with Gasteiger partial charge in [-0.25, -0.2) is 8.42 Å². The highest BCUT2D eigenvalue weighted by Crippen LogP contribution is 2.34. The Morgan fingerprint density at radius 3 is 2.23 bits per heavy atom. The van der Waals surface area contributed by atoms with Crippen molar-refractivity contribution >= 4 is 37.4 Å². The molecule has 6 nitrogen and oxygen atoms in total. The largest absolute Gasteiger partial charge is 0.493 e. The summed E-state index contributed by atoms with van der Waals surface area (Å²) in [6.45, 7) is 1.88. The van der Waals surface area contributed by atoms with Crippen LogP contribution in [0.3, 0.4) is 0 Å². The fraction of sp³-hybridized carbons (Fsp3) is 0.174. The lowest BCUT2D eigenvalue weighted by Gasteiger charge is -2.14. The van der Waals surface area contributed by atoms with Gasteiger partial charge in [0.05, 0.1) is 24.8 Å². The molecule has 3 rings (SSSR count). The van der Waals surface area contributed by atoms with Crippen LogP contribution in [0.15, 0.2) is 70.0 Å². The second-order valence-electron chi connectivity index (χ2n) is 6.86. The van der Waals surface area contributed by atoms with E-state index in [2.05, 4.69) is 20.7 Å². The van der Waals surface area contributed by atoms with E-state index in [4.69, 9.17) is 9.47 Å². The zero-order valence-corrected chi connectivity index (χ0v) is 19.7. The number of carbonyl (C=O) groups excluding carboxylic acids is 1. The maximum atomic E-state index is 13.1. The van der Waals surface area contributed by atoms with E-state index in [0.717, 1.165) is 5.56 Å². The Bertz CT molecular complexity index is 1210. The van der Waals surface area contributed by atoms with E-state index in [-0.39, 0.29) is 28.4 Å². The van der Waals surface area contributed by atoms with Gasteiger partial charge in [-0.05, 0) is 48.9 Å². The number of ketones is 1. The Labute approximate surface area is 190 Å². The number of halogens is 1. The summed E-state index contributed by atoms with van der Waals surface area (Å²) in [7, 11) is -0.781. The van der Waals surface area contributed by atoms with Crippen LogP contribution in [0.2, 0.25) is 0 Å². The molecule has 0 unspecified atom stereocenters. The van der Waals surface area contributed by atoms with Gasteiger partial charge < -0.3 is 9.47 Å². The van der Waals surface area contributed by atoms with E-state index < -0.39 is 10.0 Å². The number of aryl methyl sites for hydroxylation is 1. The SMILES string of the molecule is COc1cc(Br)c(CC(=O)c2ccccc2NS(=O)(=O)c2ccc(C)cc2)cc1OC. The number of benzene rings is 3. The highest BCUT2D eigenvalue weighted by Gasteiger charge is 2.20. The summed E-state index contributed by atoms with van der Waals surface area (Å²) in [6, 6.07) is 16.5. The predicted molar refractivity (Wildman–Crippen MR) is 124 cm³/mol. The third kappa shape index (κ3) is 5.26. The molecule has 1 N–H and O–H groups in total. The standard InChI is InChI=1S/C23H22BrNO5S/c1-15-8-10-17(11-9-15)31(27,28)25-20-7-5-4-6-18(20)21(26)12-16-13-22(29-2)23(30-3)14-19(16)24/h4-11,13-14,25H,12H2,1-3H3. The molecule has 162 valence electrons. The third-order valence-electron chi connectivity index (χ3n) is 4.71. The number of anilines is 1. The average molecular weight is 504 g/mol. The monoisotopic (exact) mass is 503 g/mol. The van der Waals surface area contributed by atoms with Gasteiger partial charge >= 0.3 is 0 Å². The average Bonchev–Trinajstić information content (AvgIpc) is 2.75. The van der Waals surface area contributed by atoms with Gasteiger partial charge in [-0.3, -0.25) is 9.52 Å². The summed E-state index contributed by atoms with van der Waals surface area (Å²) < 4.78 is 39.4. The number of methoxy groups -OCH3 is 2. The van der Waals surface area contributed by atoms with Crippen molar-refractivity contribution in [3.8, 4) is 11.5 Å². The molecule has 0 aliphatic heterocycles. The first-order valence-electron chi connectivity index (χ1n) is 9.37. The summed E-state index contributed by atoms with van der Waals surface area (Å²) in [4.78, 5) is 13.2. The summed E-state index contributed by atoms with van der Waals surface area (Å²) in [5.74, 6) is 0.800. The lowest BCUT2D eigenvalue weighted by molar-refractivity contribution is 0.0993. The van der Waals surface area contributed by atoms with E-state index in [1.165, 1.54) is 26.4 Å². The first-order valence-corrected chi connectivity index (χ1v) is 11.6. The van der Waals surface area contributed by atoms with E-state index in [1.54, 1.807) is 48.5 Å². The van der Waals surface area contributed by atoms with Crippen molar-refractivity contribution in [3.63, 3.8) is 0 Å². The molecule has 0 spiro atoms. The van der Waals surface area contributed by atoms with Crippen molar-refractivity contribution in [1.82, 2.24) is 0 Å². The minimum absolute atomic E-state index is 0.0458. The molecule has 0 saturated heterocycles. The minimum atomic E-state index is -3.83. The fourth-order valence-electron chi connectivity index (χ4n) is 3.04. The highest BCUT2D eigenvalue weighted by molar-refractivity contribution is 9.10. The molecule has 0 saturated carbocycles. The number of hydrogen-bond donors (Lipinski definition) is 1. The molecule has 0 aliphatic carbocycles. The van der Waals surface area contributed by atoms with Gasteiger partial charge in [-0.15, -0.1) is 0 Å². The van der Waals surface area contributed by atoms with Gasteiger partial charge in [-0.2, -0.15) is 0 Å². The Hall–Kier alpha value is -2.84. The molecule has 0 heterocycles. The number of hydrogen-bond acceptors (Lipinski definition) is 5. The lowest BCUT2D eigenvalue weighted by Crippen LogP contribution is -2.16. The topological polar surface area (TPSA) is 81.7 Å². The number of sulfonamides is 1. The highest BCUT2D eigenvalue weighted by atomic mass is 79.9. The van der Waals surface area contributed by atoms with Crippen molar-refractivity contribution in [2.75, 3.05) is 18.9 Å². The predicted octanol–water partition coefficient (Wildman–Crippen LogP) is 5.00. The zero-order chi connectivity index (χ0) is 22.6. The van der Waals surface area contributed by atoms with Crippen LogP contribution in [0.25, 0.3) is 0 Å². The molecular formula is C23H22BrNO5S. The number of rotatable bonds is 8. The van der Waals surface area contributed by atoms with Crippen LogP contribution in [0, 0.1) is 6.92 Å². The fourth-order valence-corrected chi connectivity index (χ4v) is 4.58. The smallest absolute Gasteiger partial charge is 0.261 e. The van der Waals surface area contributed by atoms with Crippen molar-refractivity contribution in [2.45, 2.75) is 18.2 Å². The first kappa shape index (κ1) is 22.8. The molecule has 3 aromatic carbocycles. The summed E-state index contributed by atoms with van der Waals surface area (Å²) in [6.07, 6.45) is 0.0458. The summed E-state index contributed by atoms with van der Waals surface area (Å²) >= 11 is 3.46. The Balaban J connectivity index is 1.90. The second-order valence-corrected chi connectivity index (χ2v) is 9.40. The van der Waals surface area contributed by atoms with E-state index in [9.17, 15) is 13.2 Å². The van der Waals surface area contributed by atoms with Crippen molar-refractivity contribution < 1.29 is 22.7 Å². The molecule has 0 amide bonds. The molecule has 3 aromatic rings. The number of carbonyl (C=O) groups is 1. The van der Waals surface area contributed by atoms with Crippen LogP contribution in [0.4, 0.5) is 5.69 Å². The van der Waals surface area contributed by atoms with Crippen LogP contribution in [0.1, 0.15) is 21.5 Å². The van der Waals surface area contributed by atoms with Gasteiger partial charge in [0.1, 0.15) is 0 Å². The van der Waals surface area contributed by atoms with E-state index >= 15 is 0 Å². The molecule has 0 fully saturated rings. The quantitative estimate of drug-likeness (QED) is 0.437. The van der Waals surface area contributed by atoms with Crippen molar-refractivity contribution in [2.24, 2.45) is 0 Å². The maximum absolute atomic E-state index is 13.1. The Kier molecular flexibility index (Phi) is 7.02. The molecule has 0 radical (unpaired) electrons. The normalized spacial score (nSPS) is 11.1. The van der Waals surface area contributed by atoms with Gasteiger partial charge in [-0.1, -0.05) is 45.8 Å². The maximum Gasteiger partial charge on any atom is 0.261 e. The molecule has 8 heteroatoms. The molecule has 0 aromatic heterocycles. The molecule has 0 aliphatic rings. The van der Waals surface area contributed by atoms with Crippen molar-refractivity contribution in [3.05, 3.63) is 81.8 Å². The summed E-state index contributed by atoms with van der Waals surface area (Å²) in [5, 5.41) is 0. The van der Waals surface area contributed by atoms with Gasteiger partial charge in [0.25, 0.3) is 10.0 Å². The molecule has 31 heavy (non-hydrogen) atoms. The zero-order valence-electron chi connectivity index (χ0n) is 17.3. The first-order chi connectivity index (χ1) is 14.7. The Morgan fingerprint density at radius 1 is 0.968 bits per heavy atom. The number of para-hydroxylation sites is 1.